The highest BCUT2D eigenvalue weighted by molar-refractivity contribution is 5.75. The van der Waals surface area contributed by atoms with E-state index >= 15 is 0 Å². The number of hydrogen-bond acceptors (Lipinski definition) is 4. The average Bonchev–Trinajstić information content (AvgIpc) is 2.27. The molecule has 100 valence electrons. The Labute approximate surface area is 107 Å². The molecule has 18 heavy (non-hydrogen) atoms. The number of carbonyl (C=O) groups excluding carboxylic acids is 1. The number of rotatable bonds is 6. The molecule has 0 aliphatic carbocycles. The van der Waals surface area contributed by atoms with E-state index in [0.717, 1.165) is 5.56 Å². The number of nitrogens with zero attached hydrogens (tertiary/aromatic N) is 1. The van der Waals surface area contributed by atoms with Gasteiger partial charge in [0.15, 0.2) is 11.5 Å². The lowest BCUT2D eigenvalue weighted by Gasteiger charge is -2.25. The molecule has 0 heterocycles. The summed E-state index contributed by atoms with van der Waals surface area (Å²) in [5, 5.41) is 9.69. The van der Waals surface area contributed by atoms with Crippen LogP contribution in [0.15, 0.2) is 18.2 Å². The maximum absolute atomic E-state index is 11.0. The van der Waals surface area contributed by atoms with Gasteiger partial charge in [-0.2, -0.15) is 0 Å². The number of amides is 1. The predicted octanol–water partition coefficient (Wildman–Crippen LogP) is 1.10. The van der Waals surface area contributed by atoms with E-state index in [1.807, 2.05) is 24.8 Å². The van der Waals surface area contributed by atoms with Gasteiger partial charge in [0, 0.05) is 12.6 Å². The number of hydrogen-bond donors (Lipinski definition) is 2. The molecule has 0 radical (unpaired) electrons. The van der Waals surface area contributed by atoms with Gasteiger partial charge in [0.1, 0.15) is 0 Å². The van der Waals surface area contributed by atoms with Crippen molar-refractivity contribution in [3.05, 3.63) is 23.8 Å². The van der Waals surface area contributed by atoms with Crippen LogP contribution in [0.1, 0.15) is 19.4 Å². The minimum absolute atomic E-state index is 0.0952. The maximum Gasteiger partial charge on any atom is 0.231 e. The second-order valence-corrected chi connectivity index (χ2v) is 4.47. The van der Waals surface area contributed by atoms with Crippen LogP contribution in [0.3, 0.4) is 0 Å². The van der Waals surface area contributed by atoms with Gasteiger partial charge in [-0.3, -0.25) is 9.69 Å². The van der Waals surface area contributed by atoms with E-state index in [1.165, 1.54) is 7.11 Å². The number of benzene rings is 1. The quantitative estimate of drug-likeness (QED) is 0.795. The number of ether oxygens (including phenoxy) is 1. The Bertz CT molecular complexity index is 419. The molecular weight excluding hydrogens is 232 g/mol. The highest BCUT2D eigenvalue weighted by Crippen LogP contribution is 2.26. The minimum Gasteiger partial charge on any atom is -0.504 e. The molecule has 0 aliphatic rings. The number of phenolic OH excluding ortho intramolecular Hbond substituents is 1. The number of nitrogens with two attached hydrogens (primary N) is 1. The largest absolute Gasteiger partial charge is 0.504 e. The summed E-state index contributed by atoms with van der Waals surface area (Å²) >= 11 is 0. The lowest BCUT2D eigenvalue weighted by Crippen LogP contribution is -2.37. The first-order chi connectivity index (χ1) is 8.43. The number of methoxy groups -OCH3 is 1. The minimum atomic E-state index is -0.360. The van der Waals surface area contributed by atoms with Crippen LogP contribution >= 0.6 is 0 Å². The third kappa shape index (κ3) is 3.92. The van der Waals surface area contributed by atoms with Crippen LogP contribution < -0.4 is 10.5 Å². The van der Waals surface area contributed by atoms with Crippen molar-refractivity contribution >= 4 is 5.91 Å². The van der Waals surface area contributed by atoms with Gasteiger partial charge in [-0.25, -0.2) is 0 Å². The topological polar surface area (TPSA) is 75.8 Å². The summed E-state index contributed by atoms with van der Waals surface area (Å²) in [6, 6.07) is 5.39. The lowest BCUT2D eigenvalue weighted by atomic mass is 10.1. The Balaban J connectivity index is 2.80. The van der Waals surface area contributed by atoms with Gasteiger partial charge in [-0.05, 0) is 31.5 Å². The highest BCUT2D eigenvalue weighted by atomic mass is 16.5. The van der Waals surface area contributed by atoms with Crippen LogP contribution in [-0.2, 0) is 11.3 Å². The van der Waals surface area contributed by atoms with Crippen LogP contribution in [-0.4, -0.2) is 35.6 Å². The number of carbonyl (C=O) groups is 1. The van der Waals surface area contributed by atoms with Gasteiger partial charge in [0.25, 0.3) is 0 Å². The monoisotopic (exact) mass is 252 g/mol. The van der Waals surface area contributed by atoms with Crippen molar-refractivity contribution in [1.29, 1.82) is 0 Å². The molecule has 5 heteroatoms. The summed E-state index contributed by atoms with van der Waals surface area (Å²) < 4.78 is 4.98. The van der Waals surface area contributed by atoms with Crippen molar-refractivity contribution in [1.82, 2.24) is 4.90 Å². The van der Waals surface area contributed by atoms with Crippen LogP contribution in [0.2, 0.25) is 0 Å². The summed E-state index contributed by atoms with van der Waals surface area (Å²) in [6.07, 6.45) is 0. The van der Waals surface area contributed by atoms with Crippen molar-refractivity contribution in [2.75, 3.05) is 13.7 Å². The van der Waals surface area contributed by atoms with E-state index in [9.17, 15) is 9.90 Å². The standard InChI is InChI=1S/C13H20N2O3/c1-9(2)15(8-13(14)17)7-10-4-5-12(18-3)11(16)6-10/h4-6,9,16H,7-8H2,1-3H3,(H2,14,17). The molecule has 0 saturated carbocycles. The second-order valence-electron chi connectivity index (χ2n) is 4.47. The first-order valence-electron chi connectivity index (χ1n) is 5.82. The molecule has 5 nitrogen and oxygen atoms in total. The van der Waals surface area contributed by atoms with E-state index in [1.54, 1.807) is 12.1 Å². The average molecular weight is 252 g/mol. The molecular formula is C13H20N2O3. The lowest BCUT2D eigenvalue weighted by molar-refractivity contribution is -0.119. The van der Waals surface area contributed by atoms with Crippen LogP contribution in [0.4, 0.5) is 0 Å². The molecule has 0 fully saturated rings. The van der Waals surface area contributed by atoms with Crippen molar-refractivity contribution in [2.24, 2.45) is 5.73 Å². The molecule has 0 aliphatic heterocycles. The van der Waals surface area contributed by atoms with Crippen molar-refractivity contribution in [2.45, 2.75) is 26.4 Å². The zero-order chi connectivity index (χ0) is 13.7. The Hall–Kier alpha value is -1.75. The second kappa shape index (κ2) is 6.26. The molecule has 1 aromatic carbocycles. The predicted molar refractivity (Wildman–Crippen MR) is 69.4 cm³/mol. The van der Waals surface area contributed by atoms with Crippen molar-refractivity contribution in [3.63, 3.8) is 0 Å². The number of phenols is 1. The Morgan fingerprint density at radius 3 is 2.61 bits per heavy atom. The van der Waals surface area contributed by atoms with E-state index in [2.05, 4.69) is 0 Å². The van der Waals surface area contributed by atoms with E-state index in [-0.39, 0.29) is 24.2 Å². The summed E-state index contributed by atoms with van der Waals surface area (Å²) in [5.74, 6) is 0.170. The van der Waals surface area contributed by atoms with Crippen LogP contribution in [0, 0.1) is 0 Å². The summed E-state index contributed by atoms with van der Waals surface area (Å²) in [4.78, 5) is 12.9. The normalized spacial score (nSPS) is 10.9. The van der Waals surface area contributed by atoms with Crippen LogP contribution in [0.5, 0.6) is 11.5 Å². The molecule has 3 N–H and O–H groups in total. The SMILES string of the molecule is COc1ccc(CN(CC(N)=O)C(C)C)cc1O. The van der Waals surface area contributed by atoms with Gasteiger partial charge in [-0.15, -0.1) is 0 Å². The molecule has 1 rings (SSSR count). The third-order valence-electron chi connectivity index (χ3n) is 2.72. The molecule has 1 amide bonds. The summed E-state index contributed by atoms with van der Waals surface area (Å²) in [6.45, 7) is 4.74. The fourth-order valence-corrected chi connectivity index (χ4v) is 1.69. The fourth-order valence-electron chi connectivity index (χ4n) is 1.69. The van der Waals surface area contributed by atoms with Gasteiger partial charge in [-0.1, -0.05) is 6.07 Å². The first kappa shape index (κ1) is 14.3. The van der Waals surface area contributed by atoms with Crippen LogP contribution in [0.25, 0.3) is 0 Å². The summed E-state index contributed by atoms with van der Waals surface area (Å²) in [5.41, 5.74) is 6.12. The Kier molecular flexibility index (Phi) is 4.97. The van der Waals surface area contributed by atoms with Gasteiger partial charge < -0.3 is 15.6 Å². The number of aromatic hydroxyl groups is 1. The zero-order valence-corrected chi connectivity index (χ0v) is 11.0. The molecule has 0 unspecified atom stereocenters. The smallest absolute Gasteiger partial charge is 0.231 e. The van der Waals surface area contributed by atoms with E-state index in [4.69, 9.17) is 10.5 Å². The molecule has 0 bridgehead atoms. The van der Waals surface area contributed by atoms with E-state index < -0.39 is 0 Å². The fraction of sp³-hybridized carbons (Fsp3) is 0.462. The van der Waals surface area contributed by atoms with E-state index in [0.29, 0.717) is 12.3 Å². The number of primary amides is 1. The zero-order valence-electron chi connectivity index (χ0n) is 11.0. The molecule has 0 saturated heterocycles. The van der Waals surface area contributed by atoms with Gasteiger partial charge in [0.2, 0.25) is 5.91 Å². The molecule has 0 spiro atoms. The molecule has 0 atom stereocenters. The van der Waals surface area contributed by atoms with Crippen molar-refractivity contribution < 1.29 is 14.6 Å². The van der Waals surface area contributed by atoms with Gasteiger partial charge in [0.05, 0.1) is 13.7 Å². The Morgan fingerprint density at radius 2 is 2.17 bits per heavy atom. The summed E-state index contributed by atoms with van der Waals surface area (Å²) in [7, 11) is 1.50. The van der Waals surface area contributed by atoms with Gasteiger partial charge >= 0.3 is 0 Å². The maximum atomic E-state index is 11.0. The third-order valence-corrected chi connectivity index (χ3v) is 2.72. The molecule has 0 aromatic heterocycles. The van der Waals surface area contributed by atoms with Crippen molar-refractivity contribution in [3.8, 4) is 11.5 Å². The first-order valence-corrected chi connectivity index (χ1v) is 5.82. The molecule has 1 aromatic rings. The Morgan fingerprint density at radius 1 is 1.50 bits per heavy atom. The highest BCUT2D eigenvalue weighted by Gasteiger charge is 2.13.